The van der Waals surface area contributed by atoms with Crippen LogP contribution in [0, 0.1) is 5.92 Å². The Labute approximate surface area is 217 Å². The number of amides is 1. The Bertz CT molecular complexity index is 1240. The normalized spacial score (nSPS) is 21.2. The number of rotatable bonds is 6. The lowest BCUT2D eigenvalue weighted by atomic mass is 9.85. The molecule has 186 valence electrons. The van der Waals surface area contributed by atoms with E-state index in [-0.39, 0.29) is 28.9 Å². The molecule has 1 aliphatic carbocycles. The lowest BCUT2D eigenvalue weighted by molar-refractivity contribution is -0.122. The Morgan fingerprint density at radius 3 is 2.49 bits per heavy atom. The average Bonchev–Trinajstić information content (AvgIpc) is 3.22. The van der Waals surface area contributed by atoms with Crippen LogP contribution in [-0.2, 0) is 9.53 Å². The molecule has 0 bridgehead atoms. The summed E-state index contributed by atoms with van der Waals surface area (Å²) in [5.74, 6) is 0.767. The number of ether oxygens (including phenoxy) is 1. The highest BCUT2D eigenvalue weighted by molar-refractivity contribution is 6.49. The van der Waals surface area contributed by atoms with Crippen LogP contribution in [0.1, 0.15) is 44.6 Å². The number of fused-ring (bicyclic) bond motifs is 1. The third-order valence-electron chi connectivity index (χ3n) is 6.73. The summed E-state index contributed by atoms with van der Waals surface area (Å²) in [6, 6.07) is 3.77. The van der Waals surface area contributed by atoms with Gasteiger partial charge in [-0.25, -0.2) is 9.97 Å². The van der Waals surface area contributed by atoms with E-state index in [0.29, 0.717) is 51.6 Å². The number of carbonyl (C=O) groups excluding carboxylic acids is 1. The van der Waals surface area contributed by atoms with Crippen LogP contribution in [0.3, 0.4) is 0 Å². The van der Waals surface area contributed by atoms with Gasteiger partial charge in [-0.1, -0.05) is 34.8 Å². The lowest BCUT2D eigenvalue weighted by Gasteiger charge is -2.29. The van der Waals surface area contributed by atoms with Crippen LogP contribution < -0.4 is 16.4 Å². The van der Waals surface area contributed by atoms with Gasteiger partial charge in [-0.3, -0.25) is 9.36 Å². The van der Waals surface area contributed by atoms with Crippen molar-refractivity contribution in [2.24, 2.45) is 11.7 Å². The molecule has 3 aromatic rings. The summed E-state index contributed by atoms with van der Waals surface area (Å²) < 4.78 is 7.52. The Hall–Kier alpha value is -2.33. The van der Waals surface area contributed by atoms with E-state index in [2.05, 4.69) is 20.2 Å². The van der Waals surface area contributed by atoms with Crippen molar-refractivity contribution in [3.05, 3.63) is 33.4 Å². The maximum atomic E-state index is 11.7. The fourth-order valence-corrected chi connectivity index (χ4v) is 5.36. The second-order valence-electron chi connectivity index (χ2n) is 8.99. The number of anilines is 3. The molecule has 3 heterocycles. The topological polar surface area (TPSA) is 120 Å². The highest BCUT2D eigenvalue weighted by Gasteiger charge is 2.29. The molecule has 5 rings (SSSR count). The molecule has 2 fully saturated rings. The lowest BCUT2D eigenvalue weighted by Crippen LogP contribution is -2.29. The average molecular weight is 539 g/mol. The molecular weight excluding hydrogens is 513 g/mol. The van der Waals surface area contributed by atoms with Crippen molar-refractivity contribution in [3.8, 4) is 0 Å². The number of primary amides is 1. The van der Waals surface area contributed by atoms with Gasteiger partial charge in [0.25, 0.3) is 0 Å². The van der Waals surface area contributed by atoms with Crippen LogP contribution in [-0.4, -0.2) is 44.7 Å². The minimum absolute atomic E-state index is 0.0745. The number of nitrogens with one attached hydrogen (secondary N) is 2. The molecule has 0 spiro atoms. The van der Waals surface area contributed by atoms with Gasteiger partial charge in [-0.2, -0.15) is 4.98 Å². The highest BCUT2D eigenvalue weighted by atomic mass is 35.5. The number of hydrogen-bond donors (Lipinski definition) is 3. The number of carbonyl (C=O) groups is 1. The number of nitrogens with two attached hydrogens (primary N) is 1. The maximum absolute atomic E-state index is 11.7. The Morgan fingerprint density at radius 1 is 1.03 bits per heavy atom. The molecule has 1 amide bonds. The van der Waals surface area contributed by atoms with E-state index >= 15 is 0 Å². The maximum Gasteiger partial charge on any atom is 0.224 e. The SMILES string of the molecule is NC(=O)C1CCC(n2c(Nc3ccc(Cl)c(Cl)c3Cl)nc3cnc(NC4CCOCC4)nc32)CC1. The molecule has 4 N–H and O–H groups in total. The van der Waals surface area contributed by atoms with Crippen molar-refractivity contribution >= 4 is 69.5 Å². The van der Waals surface area contributed by atoms with Gasteiger partial charge < -0.3 is 21.1 Å². The monoisotopic (exact) mass is 537 g/mol. The van der Waals surface area contributed by atoms with Crippen LogP contribution >= 0.6 is 34.8 Å². The fourth-order valence-electron chi connectivity index (χ4n) is 4.78. The Balaban J connectivity index is 1.51. The van der Waals surface area contributed by atoms with Gasteiger partial charge in [0.05, 0.1) is 27.0 Å². The molecule has 35 heavy (non-hydrogen) atoms. The second kappa shape index (κ2) is 10.3. The number of aromatic nitrogens is 4. The standard InChI is InChI=1S/C23H26Cl3N7O2/c24-15-5-6-16(19(26)18(15)25)30-23-31-17-11-28-22(29-13-7-9-35-10-8-13)32-21(17)33(23)14-3-1-12(2-4-14)20(27)34/h5-6,11-14H,1-4,7-10H2,(H2,27,34)(H,30,31)(H,28,29,32). The van der Waals surface area contributed by atoms with Crippen molar-refractivity contribution in [1.82, 2.24) is 19.5 Å². The van der Waals surface area contributed by atoms with Gasteiger partial charge >= 0.3 is 0 Å². The van der Waals surface area contributed by atoms with Gasteiger partial charge in [0.15, 0.2) is 5.65 Å². The van der Waals surface area contributed by atoms with E-state index in [1.54, 1.807) is 18.3 Å². The van der Waals surface area contributed by atoms with E-state index in [0.717, 1.165) is 38.9 Å². The first-order chi connectivity index (χ1) is 16.9. The Kier molecular flexibility index (Phi) is 7.20. The van der Waals surface area contributed by atoms with E-state index < -0.39 is 0 Å². The smallest absolute Gasteiger partial charge is 0.224 e. The number of halogens is 3. The molecule has 0 radical (unpaired) electrons. The van der Waals surface area contributed by atoms with E-state index in [4.69, 9.17) is 55.2 Å². The molecule has 9 nitrogen and oxygen atoms in total. The summed E-state index contributed by atoms with van der Waals surface area (Å²) >= 11 is 18.8. The zero-order valence-electron chi connectivity index (χ0n) is 18.9. The quantitative estimate of drug-likeness (QED) is 0.362. The third-order valence-corrected chi connectivity index (χ3v) is 8.03. The van der Waals surface area contributed by atoms with Gasteiger partial charge in [-0.15, -0.1) is 0 Å². The first-order valence-electron chi connectivity index (χ1n) is 11.7. The Morgan fingerprint density at radius 2 is 1.77 bits per heavy atom. The van der Waals surface area contributed by atoms with Crippen LogP contribution in [0.2, 0.25) is 15.1 Å². The van der Waals surface area contributed by atoms with E-state index in [1.165, 1.54) is 0 Å². The first kappa shape index (κ1) is 24.4. The zero-order chi connectivity index (χ0) is 24.5. The van der Waals surface area contributed by atoms with Crippen LogP contribution in [0.15, 0.2) is 18.3 Å². The summed E-state index contributed by atoms with van der Waals surface area (Å²) in [6.45, 7) is 1.44. The summed E-state index contributed by atoms with van der Waals surface area (Å²) in [5.41, 5.74) is 7.50. The molecule has 1 saturated heterocycles. The fraction of sp³-hybridized carbons (Fsp3) is 0.478. The summed E-state index contributed by atoms with van der Waals surface area (Å²) in [4.78, 5) is 25.8. The van der Waals surface area contributed by atoms with Crippen molar-refractivity contribution < 1.29 is 9.53 Å². The number of imidazole rings is 1. The molecule has 0 atom stereocenters. The molecular formula is C23H26Cl3N7O2. The molecule has 1 aromatic carbocycles. The number of benzene rings is 1. The van der Waals surface area contributed by atoms with Gasteiger partial charge in [0.1, 0.15) is 5.52 Å². The summed E-state index contributed by atoms with van der Waals surface area (Å²) in [6.07, 6.45) is 6.50. The molecule has 1 aliphatic heterocycles. The molecule has 12 heteroatoms. The van der Waals surface area contributed by atoms with Crippen molar-refractivity contribution in [2.75, 3.05) is 23.8 Å². The largest absolute Gasteiger partial charge is 0.381 e. The number of hydrogen-bond acceptors (Lipinski definition) is 7. The van der Waals surface area contributed by atoms with Crippen molar-refractivity contribution in [1.29, 1.82) is 0 Å². The first-order valence-corrected chi connectivity index (χ1v) is 12.8. The van der Waals surface area contributed by atoms with E-state index in [1.807, 2.05) is 0 Å². The zero-order valence-corrected chi connectivity index (χ0v) is 21.2. The van der Waals surface area contributed by atoms with Crippen LogP contribution in [0.4, 0.5) is 17.6 Å². The van der Waals surface area contributed by atoms with E-state index in [9.17, 15) is 4.79 Å². The minimum atomic E-state index is -0.245. The predicted molar refractivity (Wildman–Crippen MR) is 138 cm³/mol. The third kappa shape index (κ3) is 5.14. The summed E-state index contributed by atoms with van der Waals surface area (Å²) in [7, 11) is 0. The molecule has 2 aromatic heterocycles. The van der Waals surface area contributed by atoms with Gasteiger partial charge in [0, 0.05) is 31.2 Å². The number of nitrogens with zero attached hydrogens (tertiary/aromatic N) is 4. The minimum Gasteiger partial charge on any atom is -0.381 e. The molecule has 2 aliphatic rings. The second-order valence-corrected chi connectivity index (χ2v) is 10.2. The predicted octanol–water partition coefficient (Wildman–Crippen LogP) is 5.34. The molecule has 0 unspecified atom stereocenters. The van der Waals surface area contributed by atoms with Gasteiger partial charge in [-0.05, 0) is 50.7 Å². The van der Waals surface area contributed by atoms with Crippen molar-refractivity contribution in [3.63, 3.8) is 0 Å². The van der Waals surface area contributed by atoms with Crippen LogP contribution in [0.5, 0.6) is 0 Å². The van der Waals surface area contributed by atoms with Crippen molar-refractivity contribution in [2.45, 2.75) is 50.6 Å². The molecule has 1 saturated carbocycles. The summed E-state index contributed by atoms with van der Waals surface area (Å²) in [5, 5.41) is 7.69. The van der Waals surface area contributed by atoms with Gasteiger partial charge in [0.2, 0.25) is 17.8 Å². The highest BCUT2D eigenvalue weighted by Crippen LogP contribution is 2.40. The van der Waals surface area contributed by atoms with Crippen LogP contribution in [0.25, 0.3) is 11.2 Å².